The molecule has 2 unspecified atom stereocenters. The predicted molar refractivity (Wildman–Crippen MR) is 122 cm³/mol. The first-order valence-electron chi connectivity index (χ1n) is 12.3. The third-order valence-corrected chi connectivity index (χ3v) is 6.67. The Kier molecular flexibility index (Phi) is 11.2. The van der Waals surface area contributed by atoms with Gasteiger partial charge in [-0.1, -0.05) is 52.9 Å². The number of hydroxylamine groups is 1. The van der Waals surface area contributed by atoms with E-state index in [4.69, 9.17) is 9.57 Å². The average Bonchev–Trinajstić information content (AvgIpc) is 2.73. The third kappa shape index (κ3) is 8.54. The van der Waals surface area contributed by atoms with Crippen LogP contribution >= 0.6 is 0 Å². The summed E-state index contributed by atoms with van der Waals surface area (Å²) in [4.78, 5) is 41.8. The number of carbonyl (C=O) groups excluding carboxylic acids is 3. The maximum absolute atomic E-state index is 13.2. The molecule has 2 saturated heterocycles. The van der Waals surface area contributed by atoms with Gasteiger partial charge in [0.25, 0.3) is 0 Å². The summed E-state index contributed by atoms with van der Waals surface area (Å²) in [5.41, 5.74) is 8.53. The van der Waals surface area contributed by atoms with Crippen molar-refractivity contribution in [2.75, 3.05) is 19.7 Å². The van der Waals surface area contributed by atoms with Gasteiger partial charge in [-0.3, -0.25) is 25.2 Å². The van der Waals surface area contributed by atoms with Gasteiger partial charge in [0.1, 0.15) is 6.61 Å². The summed E-state index contributed by atoms with van der Waals surface area (Å²) in [5.74, 6) is -1.54. The molecule has 2 aliphatic heterocycles. The Morgan fingerprint density at radius 2 is 1.56 bits per heavy atom. The summed E-state index contributed by atoms with van der Waals surface area (Å²) >= 11 is 0. The Balaban J connectivity index is 2.16. The third-order valence-electron chi connectivity index (χ3n) is 6.67. The van der Waals surface area contributed by atoms with Crippen molar-refractivity contribution < 1.29 is 24.0 Å². The number of hydrogen-bond donors (Lipinski definition) is 3. The molecule has 0 radical (unpaired) electrons. The first kappa shape index (κ1) is 26.9. The van der Waals surface area contributed by atoms with Crippen LogP contribution in [0, 0.1) is 23.2 Å². The molecule has 0 aromatic rings. The summed E-state index contributed by atoms with van der Waals surface area (Å²) in [5, 5.41) is 0. The van der Waals surface area contributed by atoms with E-state index in [1.54, 1.807) is 0 Å². The smallest absolute Gasteiger partial charge is 0.310 e. The number of carbonyl (C=O) groups is 3. The van der Waals surface area contributed by atoms with Crippen molar-refractivity contribution in [3.63, 3.8) is 0 Å². The van der Waals surface area contributed by atoms with E-state index < -0.39 is 18.0 Å². The lowest BCUT2D eigenvalue weighted by Crippen LogP contribution is -2.54. The monoisotopic (exact) mass is 453 g/mol. The zero-order valence-corrected chi connectivity index (χ0v) is 20.3. The maximum Gasteiger partial charge on any atom is 0.310 e. The Morgan fingerprint density at radius 1 is 0.969 bits per heavy atom. The fraction of sp³-hybridized carbons (Fsp3) is 0.875. The standard InChI is InChI=1S/C24H43N3O5/c1-17(28)22(30)27-32-23-21(24(2,3)4)20(19(29)16-31-23)18-12-9-7-5-6-8-10-14-25-26-15-11-13-18/h18,20-21,23,25-26H,5-16H2,1-4H3,(H,27,30)/t18-,20?,21-,23?/m1/s1. The molecule has 2 aliphatic rings. The highest BCUT2D eigenvalue weighted by atomic mass is 16.8. The van der Waals surface area contributed by atoms with E-state index in [0.717, 1.165) is 38.8 Å². The summed E-state index contributed by atoms with van der Waals surface area (Å²) in [6.07, 6.45) is 9.38. The Bertz CT molecular complexity index is 605. The molecule has 2 rings (SSSR count). The molecule has 184 valence electrons. The van der Waals surface area contributed by atoms with Crippen molar-refractivity contribution in [2.45, 2.75) is 91.8 Å². The van der Waals surface area contributed by atoms with E-state index in [1.807, 2.05) is 0 Å². The van der Waals surface area contributed by atoms with Crippen LogP contribution in [-0.2, 0) is 24.0 Å². The zero-order chi connectivity index (χ0) is 23.6. The number of hydrazine groups is 1. The molecule has 0 saturated carbocycles. The number of amides is 1. The van der Waals surface area contributed by atoms with Gasteiger partial charge in [0.05, 0.1) is 0 Å². The summed E-state index contributed by atoms with van der Waals surface area (Å²) < 4.78 is 5.73. The maximum atomic E-state index is 13.2. The summed E-state index contributed by atoms with van der Waals surface area (Å²) in [6.45, 7) is 9.22. The SMILES string of the molecule is CC(=O)C(=O)NOC1OCC(=O)C([C@@H]2CCCCCCCCNNCCC2)[C@H]1C(C)(C)C. The molecule has 0 bridgehead atoms. The van der Waals surface area contributed by atoms with Crippen molar-refractivity contribution in [3.8, 4) is 0 Å². The first-order chi connectivity index (χ1) is 15.2. The van der Waals surface area contributed by atoms with Gasteiger partial charge in [0.2, 0.25) is 5.78 Å². The van der Waals surface area contributed by atoms with Gasteiger partial charge >= 0.3 is 5.91 Å². The van der Waals surface area contributed by atoms with Crippen molar-refractivity contribution in [1.82, 2.24) is 16.3 Å². The average molecular weight is 454 g/mol. The van der Waals surface area contributed by atoms with Crippen molar-refractivity contribution >= 4 is 17.5 Å². The molecule has 2 heterocycles. The number of hydrogen-bond acceptors (Lipinski definition) is 7. The quantitative estimate of drug-likeness (QED) is 0.444. The second-order valence-electron chi connectivity index (χ2n) is 10.3. The summed E-state index contributed by atoms with van der Waals surface area (Å²) in [7, 11) is 0. The van der Waals surface area contributed by atoms with E-state index >= 15 is 0 Å². The number of rotatable bonds is 4. The van der Waals surface area contributed by atoms with Crippen LogP contribution in [0.25, 0.3) is 0 Å². The highest BCUT2D eigenvalue weighted by molar-refractivity contribution is 6.34. The molecule has 2 fully saturated rings. The second kappa shape index (κ2) is 13.4. The normalized spacial score (nSPS) is 29.7. The van der Waals surface area contributed by atoms with Crippen LogP contribution in [0.4, 0.5) is 0 Å². The Morgan fingerprint density at radius 3 is 2.22 bits per heavy atom. The van der Waals surface area contributed by atoms with Crippen LogP contribution in [0.5, 0.6) is 0 Å². The lowest BCUT2D eigenvalue weighted by molar-refractivity contribution is -0.249. The molecule has 32 heavy (non-hydrogen) atoms. The topological polar surface area (TPSA) is 106 Å². The second-order valence-corrected chi connectivity index (χ2v) is 10.3. The molecule has 0 aromatic heterocycles. The zero-order valence-electron chi connectivity index (χ0n) is 20.3. The van der Waals surface area contributed by atoms with Crippen molar-refractivity contribution in [2.24, 2.45) is 23.2 Å². The van der Waals surface area contributed by atoms with E-state index in [-0.39, 0.29) is 35.6 Å². The number of nitrogens with one attached hydrogen (secondary N) is 3. The van der Waals surface area contributed by atoms with Crippen LogP contribution in [0.2, 0.25) is 0 Å². The van der Waals surface area contributed by atoms with E-state index in [1.165, 1.54) is 39.0 Å². The highest BCUT2D eigenvalue weighted by Crippen LogP contribution is 2.45. The minimum Gasteiger partial charge on any atom is -0.342 e. The van der Waals surface area contributed by atoms with Crippen molar-refractivity contribution in [3.05, 3.63) is 0 Å². The van der Waals surface area contributed by atoms with E-state index in [0.29, 0.717) is 0 Å². The van der Waals surface area contributed by atoms with Gasteiger partial charge in [-0.2, -0.15) is 0 Å². The fourth-order valence-electron chi connectivity index (χ4n) is 4.99. The van der Waals surface area contributed by atoms with Crippen LogP contribution in [0.1, 0.15) is 85.5 Å². The van der Waals surface area contributed by atoms with Gasteiger partial charge in [-0.15, -0.1) is 0 Å². The lowest BCUT2D eigenvalue weighted by atomic mass is 9.64. The molecule has 8 heteroatoms. The lowest BCUT2D eigenvalue weighted by Gasteiger charge is -2.46. The molecule has 1 amide bonds. The summed E-state index contributed by atoms with van der Waals surface area (Å²) in [6, 6.07) is 0. The molecule has 0 aromatic carbocycles. The Labute approximate surface area is 192 Å². The number of ether oxygens (including phenoxy) is 1. The van der Waals surface area contributed by atoms with Crippen LogP contribution in [-0.4, -0.2) is 43.5 Å². The largest absolute Gasteiger partial charge is 0.342 e. The van der Waals surface area contributed by atoms with E-state index in [2.05, 4.69) is 37.1 Å². The number of Topliss-reactive ketones (excluding diaryl/α,β-unsaturated/α-hetero) is 2. The van der Waals surface area contributed by atoms with Crippen LogP contribution in [0.15, 0.2) is 0 Å². The fourth-order valence-corrected chi connectivity index (χ4v) is 4.99. The van der Waals surface area contributed by atoms with E-state index in [9.17, 15) is 14.4 Å². The molecular formula is C24H43N3O5. The van der Waals surface area contributed by atoms with Gasteiger partial charge in [0.15, 0.2) is 12.1 Å². The van der Waals surface area contributed by atoms with Gasteiger partial charge < -0.3 is 4.74 Å². The van der Waals surface area contributed by atoms with Crippen LogP contribution < -0.4 is 16.3 Å². The molecule has 3 N–H and O–H groups in total. The van der Waals surface area contributed by atoms with Gasteiger partial charge in [-0.05, 0) is 37.0 Å². The van der Waals surface area contributed by atoms with Crippen LogP contribution in [0.3, 0.4) is 0 Å². The predicted octanol–water partition coefficient (Wildman–Crippen LogP) is 3.06. The highest BCUT2D eigenvalue weighted by Gasteiger charge is 2.49. The molecule has 0 aliphatic carbocycles. The molecule has 0 spiro atoms. The number of ketones is 2. The first-order valence-corrected chi connectivity index (χ1v) is 12.3. The minimum atomic E-state index is -0.814. The van der Waals surface area contributed by atoms with Gasteiger partial charge in [-0.25, -0.2) is 10.3 Å². The van der Waals surface area contributed by atoms with Crippen molar-refractivity contribution in [1.29, 1.82) is 0 Å². The minimum absolute atomic E-state index is 0.0336. The molecule has 8 nitrogen and oxygen atoms in total. The molecule has 4 atom stereocenters. The molecular weight excluding hydrogens is 410 g/mol. The van der Waals surface area contributed by atoms with Gasteiger partial charge in [0, 0.05) is 31.8 Å². The Hall–Kier alpha value is -1.35.